The van der Waals surface area contributed by atoms with E-state index in [9.17, 15) is 14.7 Å². The fourth-order valence-corrected chi connectivity index (χ4v) is 2.28. The number of benzene rings is 2. The van der Waals surface area contributed by atoms with Crippen molar-refractivity contribution in [3.63, 3.8) is 0 Å². The van der Waals surface area contributed by atoms with Crippen LogP contribution < -0.4 is 4.74 Å². The summed E-state index contributed by atoms with van der Waals surface area (Å²) < 4.78 is 5.69. The molecule has 5 heteroatoms. The first kappa shape index (κ1) is 15.8. The molecule has 0 spiro atoms. The largest absolute Gasteiger partial charge is 0.492 e. The molecule has 0 amide bonds. The van der Waals surface area contributed by atoms with E-state index in [1.54, 1.807) is 12.1 Å². The Bertz CT molecular complexity index is 706. The Balaban J connectivity index is 2.45. The van der Waals surface area contributed by atoms with Crippen molar-refractivity contribution in [2.45, 2.75) is 26.2 Å². The summed E-state index contributed by atoms with van der Waals surface area (Å²) in [5.74, 6) is -1.78. The molecule has 5 nitrogen and oxygen atoms in total. The van der Waals surface area contributed by atoms with E-state index in [2.05, 4.69) is 6.92 Å². The summed E-state index contributed by atoms with van der Waals surface area (Å²) in [4.78, 5) is 22.4. The van der Waals surface area contributed by atoms with Crippen LogP contribution in [0.3, 0.4) is 0 Å². The highest BCUT2D eigenvalue weighted by Gasteiger charge is 2.16. The number of hydrogen-bond donors (Lipinski definition) is 2. The van der Waals surface area contributed by atoms with Gasteiger partial charge in [-0.05, 0) is 36.1 Å². The number of unbranched alkanes of at least 4 members (excludes halogenated alkanes) is 2. The van der Waals surface area contributed by atoms with Crippen molar-refractivity contribution in [2.75, 3.05) is 6.61 Å². The van der Waals surface area contributed by atoms with Crippen LogP contribution in [0.2, 0.25) is 0 Å². The van der Waals surface area contributed by atoms with Gasteiger partial charge in [-0.15, -0.1) is 0 Å². The smallest absolute Gasteiger partial charge is 0.339 e. The van der Waals surface area contributed by atoms with E-state index in [4.69, 9.17) is 9.84 Å². The molecule has 0 atom stereocenters. The Morgan fingerprint density at radius 1 is 1.05 bits per heavy atom. The number of carboxylic acids is 2. The Labute approximate surface area is 128 Å². The Kier molecular flexibility index (Phi) is 4.99. The summed E-state index contributed by atoms with van der Waals surface area (Å²) in [6.45, 7) is 2.52. The average Bonchev–Trinajstić information content (AvgIpc) is 2.50. The molecule has 0 aliphatic carbocycles. The van der Waals surface area contributed by atoms with Gasteiger partial charge < -0.3 is 14.9 Å². The van der Waals surface area contributed by atoms with Gasteiger partial charge in [0.05, 0.1) is 12.2 Å². The molecule has 0 aliphatic heterocycles. The predicted molar refractivity (Wildman–Crippen MR) is 82.9 cm³/mol. The van der Waals surface area contributed by atoms with Gasteiger partial charge in [0.2, 0.25) is 0 Å². The SMILES string of the molecule is CCCCCOc1c(C(=O)O)ccc2cc(C(=O)O)ccc12. The van der Waals surface area contributed by atoms with Gasteiger partial charge in [-0.1, -0.05) is 25.8 Å². The Morgan fingerprint density at radius 2 is 1.82 bits per heavy atom. The second kappa shape index (κ2) is 6.93. The fourth-order valence-electron chi connectivity index (χ4n) is 2.28. The molecule has 116 valence electrons. The molecular weight excluding hydrogens is 284 g/mol. The van der Waals surface area contributed by atoms with Crippen molar-refractivity contribution >= 4 is 22.7 Å². The minimum atomic E-state index is -1.06. The van der Waals surface area contributed by atoms with E-state index in [1.807, 2.05) is 0 Å². The predicted octanol–water partition coefficient (Wildman–Crippen LogP) is 3.81. The highest BCUT2D eigenvalue weighted by Crippen LogP contribution is 2.31. The summed E-state index contributed by atoms with van der Waals surface area (Å²) in [6.07, 6.45) is 2.90. The fraction of sp³-hybridized carbons (Fsp3) is 0.294. The van der Waals surface area contributed by atoms with E-state index in [0.717, 1.165) is 19.3 Å². The first-order chi connectivity index (χ1) is 10.5. The highest BCUT2D eigenvalue weighted by atomic mass is 16.5. The minimum absolute atomic E-state index is 0.0899. The van der Waals surface area contributed by atoms with E-state index in [1.165, 1.54) is 18.2 Å². The maximum atomic E-state index is 11.4. The van der Waals surface area contributed by atoms with E-state index < -0.39 is 11.9 Å². The standard InChI is InChI=1S/C17H18O5/c1-2-3-4-9-22-15-13-7-6-12(16(18)19)10-11(13)5-8-14(15)17(20)21/h5-8,10H,2-4,9H2,1H3,(H,18,19)(H,20,21). The molecule has 0 radical (unpaired) electrons. The van der Waals surface area contributed by atoms with Crippen LogP contribution in [-0.4, -0.2) is 28.8 Å². The highest BCUT2D eigenvalue weighted by molar-refractivity contribution is 6.02. The van der Waals surface area contributed by atoms with Gasteiger partial charge in [0.15, 0.2) is 0 Å². The molecule has 0 bridgehead atoms. The quantitative estimate of drug-likeness (QED) is 0.760. The topological polar surface area (TPSA) is 83.8 Å². The van der Waals surface area contributed by atoms with Crippen LogP contribution in [-0.2, 0) is 0 Å². The van der Waals surface area contributed by atoms with Gasteiger partial charge in [-0.2, -0.15) is 0 Å². The zero-order chi connectivity index (χ0) is 16.1. The third kappa shape index (κ3) is 3.36. The maximum Gasteiger partial charge on any atom is 0.339 e. The van der Waals surface area contributed by atoms with Gasteiger partial charge in [-0.3, -0.25) is 0 Å². The third-order valence-electron chi connectivity index (χ3n) is 3.44. The molecule has 2 N–H and O–H groups in total. The molecular formula is C17H18O5. The number of carbonyl (C=O) groups is 2. The number of rotatable bonds is 7. The summed E-state index contributed by atoms with van der Waals surface area (Å²) in [5, 5.41) is 19.6. The summed E-state index contributed by atoms with van der Waals surface area (Å²) in [5.41, 5.74) is 0.250. The lowest BCUT2D eigenvalue weighted by atomic mass is 10.0. The molecule has 0 saturated carbocycles. The molecule has 0 aromatic heterocycles. The zero-order valence-corrected chi connectivity index (χ0v) is 12.3. The number of hydrogen-bond acceptors (Lipinski definition) is 3. The molecule has 2 aromatic carbocycles. The number of ether oxygens (including phenoxy) is 1. The molecule has 0 fully saturated rings. The lowest BCUT2D eigenvalue weighted by Gasteiger charge is -2.12. The van der Waals surface area contributed by atoms with Crippen LogP contribution in [0.1, 0.15) is 46.9 Å². The van der Waals surface area contributed by atoms with E-state index in [-0.39, 0.29) is 11.1 Å². The average molecular weight is 302 g/mol. The summed E-state index contributed by atoms with van der Waals surface area (Å²) in [6, 6.07) is 7.62. The Hall–Kier alpha value is -2.56. The molecule has 22 heavy (non-hydrogen) atoms. The molecule has 2 rings (SSSR count). The van der Waals surface area contributed by atoms with Gasteiger partial charge in [-0.25, -0.2) is 9.59 Å². The molecule has 2 aromatic rings. The van der Waals surface area contributed by atoms with Crippen LogP contribution in [0.25, 0.3) is 10.8 Å². The Morgan fingerprint density at radius 3 is 2.45 bits per heavy atom. The van der Waals surface area contributed by atoms with Crippen molar-refractivity contribution in [3.05, 3.63) is 41.5 Å². The first-order valence-electron chi connectivity index (χ1n) is 7.20. The van der Waals surface area contributed by atoms with Gasteiger partial charge in [0.1, 0.15) is 11.3 Å². The normalized spacial score (nSPS) is 10.6. The molecule has 0 aliphatic rings. The van der Waals surface area contributed by atoms with Crippen LogP contribution in [0, 0.1) is 0 Å². The molecule has 0 saturated heterocycles. The number of carboxylic acid groups (broad SMARTS) is 2. The van der Waals surface area contributed by atoms with Crippen molar-refractivity contribution in [2.24, 2.45) is 0 Å². The number of fused-ring (bicyclic) bond motifs is 1. The summed E-state index contributed by atoms with van der Waals surface area (Å²) in [7, 11) is 0. The van der Waals surface area contributed by atoms with E-state index in [0.29, 0.717) is 23.1 Å². The van der Waals surface area contributed by atoms with Gasteiger partial charge >= 0.3 is 11.9 Å². The lowest BCUT2D eigenvalue weighted by Crippen LogP contribution is -2.05. The number of aromatic carboxylic acids is 2. The molecule has 0 heterocycles. The van der Waals surface area contributed by atoms with E-state index >= 15 is 0 Å². The monoisotopic (exact) mass is 302 g/mol. The van der Waals surface area contributed by atoms with Crippen molar-refractivity contribution in [1.82, 2.24) is 0 Å². The van der Waals surface area contributed by atoms with Crippen LogP contribution >= 0.6 is 0 Å². The van der Waals surface area contributed by atoms with Crippen molar-refractivity contribution < 1.29 is 24.5 Å². The molecule has 0 unspecified atom stereocenters. The first-order valence-corrected chi connectivity index (χ1v) is 7.20. The van der Waals surface area contributed by atoms with Crippen molar-refractivity contribution in [1.29, 1.82) is 0 Å². The summed E-state index contributed by atoms with van der Waals surface area (Å²) >= 11 is 0. The van der Waals surface area contributed by atoms with Gasteiger partial charge in [0.25, 0.3) is 0 Å². The minimum Gasteiger partial charge on any atom is -0.492 e. The van der Waals surface area contributed by atoms with Crippen LogP contribution in [0.5, 0.6) is 5.75 Å². The van der Waals surface area contributed by atoms with Crippen LogP contribution in [0.4, 0.5) is 0 Å². The lowest BCUT2D eigenvalue weighted by molar-refractivity contribution is 0.0683. The maximum absolute atomic E-state index is 11.4. The second-order valence-electron chi connectivity index (χ2n) is 5.04. The van der Waals surface area contributed by atoms with Crippen molar-refractivity contribution in [3.8, 4) is 5.75 Å². The van der Waals surface area contributed by atoms with Gasteiger partial charge in [0, 0.05) is 5.39 Å². The second-order valence-corrected chi connectivity index (χ2v) is 5.04. The van der Waals surface area contributed by atoms with Crippen LogP contribution in [0.15, 0.2) is 30.3 Å². The zero-order valence-electron chi connectivity index (χ0n) is 12.3. The third-order valence-corrected chi connectivity index (χ3v) is 3.44.